The minimum Gasteiger partial charge on any atom is -0.348 e. The van der Waals surface area contributed by atoms with E-state index in [1.165, 1.54) is 30.6 Å². The van der Waals surface area contributed by atoms with Crippen LogP contribution in [-0.4, -0.2) is 24.4 Å². The molecule has 16 heavy (non-hydrogen) atoms. The summed E-state index contributed by atoms with van der Waals surface area (Å²) in [6, 6.07) is 0.630. The van der Waals surface area contributed by atoms with Gasteiger partial charge in [0.2, 0.25) is 0 Å². The van der Waals surface area contributed by atoms with Gasteiger partial charge in [0.1, 0.15) is 0 Å². The number of hydrogen-bond donors (Lipinski definition) is 0. The Morgan fingerprint density at radius 3 is 2.56 bits per heavy atom. The molecule has 4 heteroatoms. The van der Waals surface area contributed by atoms with Crippen LogP contribution in [-0.2, 0) is 0 Å². The molecule has 1 aromatic rings. The number of rotatable bonds is 4. The maximum absolute atomic E-state index is 11.0. The fourth-order valence-corrected chi connectivity index (χ4v) is 2.98. The standard InChI is InChI=1S/C12H18N2OS/c1-8(2)11-10(7-15)16-12(13-11)14(3)9-5-4-6-9/h7-9H,4-6H2,1-3H3. The van der Waals surface area contributed by atoms with E-state index in [9.17, 15) is 4.79 Å². The number of hydrogen-bond acceptors (Lipinski definition) is 4. The second-order valence-electron chi connectivity index (χ2n) is 4.71. The van der Waals surface area contributed by atoms with Crippen molar-refractivity contribution in [1.82, 2.24) is 4.98 Å². The fourth-order valence-electron chi connectivity index (χ4n) is 1.91. The van der Waals surface area contributed by atoms with Crippen molar-refractivity contribution in [3.05, 3.63) is 10.6 Å². The first kappa shape index (κ1) is 11.6. The average molecular weight is 238 g/mol. The highest BCUT2D eigenvalue weighted by Gasteiger charge is 2.25. The summed E-state index contributed by atoms with van der Waals surface area (Å²) in [5.41, 5.74) is 0.946. The van der Waals surface area contributed by atoms with Crippen molar-refractivity contribution >= 4 is 22.8 Å². The van der Waals surface area contributed by atoms with Gasteiger partial charge in [0.25, 0.3) is 0 Å². The van der Waals surface area contributed by atoms with E-state index in [4.69, 9.17) is 0 Å². The van der Waals surface area contributed by atoms with E-state index in [1.54, 1.807) is 0 Å². The molecule has 1 saturated carbocycles. The maximum atomic E-state index is 11.0. The summed E-state index contributed by atoms with van der Waals surface area (Å²) in [6.07, 6.45) is 4.76. The van der Waals surface area contributed by atoms with Gasteiger partial charge in [-0.25, -0.2) is 4.98 Å². The lowest BCUT2D eigenvalue weighted by Crippen LogP contribution is -2.37. The molecule has 88 valence electrons. The molecule has 0 N–H and O–H groups in total. The predicted molar refractivity (Wildman–Crippen MR) is 67.6 cm³/mol. The lowest BCUT2D eigenvalue weighted by atomic mass is 9.92. The molecular formula is C12H18N2OS. The zero-order valence-electron chi connectivity index (χ0n) is 10.1. The molecule has 1 aliphatic rings. The molecule has 1 aromatic heterocycles. The number of thiazole rings is 1. The quantitative estimate of drug-likeness (QED) is 0.756. The van der Waals surface area contributed by atoms with Crippen molar-refractivity contribution in [3.8, 4) is 0 Å². The molecule has 0 aromatic carbocycles. The first-order valence-electron chi connectivity index (χ1n) is 5.82. The summed E-state index contributed by atoms with van der Waals surface area (Å²) in [4.78, 5) is 18.6. The van der Waals surface area contributed by atoms with Crippen LogP contribution in [0.1, 0.15) is 54.4 Å². The molecule has 0 atom stereocenters. The number of aldehydes is 1. The molecule has 1 aliphatic carbocycles. The van der Waals surface area contributed by atoms with Gasteiger partial charge in [0, 0.05) is 13.1 Å². The van der Waals surface area contributed by atoms with E-state index in [-0.39, 0.29) is 0 Å². The molecule has 0 saturated heterocycles. The third kappa shape index (κ3) is 1.98. The van der Waals surface area contributed by atoms with Crippen LogP contribution in [0.5, 0.6) is 0 Å². The Hall–Kier alpha value is -0.900. The summed E-state index contributed by atoms with van der Waals surface area (Å²) in [7, 11) is 2.08. The molecule has 0 aliphatic heterocycles. The third-order valence-electron chi connectivity index (χ3n) is 3.25. The summed E-state index contributed by atoms with van der Waals surface area (Å²) < 4.78 is 0. The van der Waals surface area contributed by atoms with Gasteiger partial charge in [-0.3, -0.25) is 4.79 Å². The predicted octanol–water partition coefficient (Wildman–Crippen LogP) is 3.07. The summed E-state index contributed by atoms with van der Waals surface area (Å²) in [5, 5.41) is 0.996. The van der Waals surface area contributed by atoms with Crippen molar-refractivity contribution < 1.29 is 4.79 Å². The SMILES string of the molecule is CC(C)c1nc(N(C)C2CCC2)sc1C=O. The van der Waals surface area contributed by atoms with Crippen LogP contribution in [0.3, 0.4) is 0 Å². The third-order valence-corrected chi connectivity index (χ3v) is 4.33. The van der Waals surface area contributed by atoms with Crippen molar-refractivity contribution in [2.24, 2.45) is 0 Å². The van der Waals surface area contributed by atoms with Gasteiger partial charge in [0.15, 0.2) is 11.4 Å². The number of nitrogens with zero attached hydrogens (tertiary/aromatic N) is 2. The van der Waals surface area contributed by atoms with Crippen LogP contribution in [0.15, 0.2) is 0 Å². The van der Waals surface area contributed by atoms with E-state index < -0.39 is 0 Å². The highest BCUT2D eigenvalue weighted by atomic mass is 32.1. The van der Waals surface area contributed by atoms with Crippen molar-refractivity contribution in [1.29, 1.82) is 0 Å². The second kappa shape index (κ2) is 4.53. The molecule has 1 fully saturated rings. The normalized spacial score (nSPS) is 16.2. The summed E-state index contributed by atoms with van der Waals surface area (Å²) >= 11 is 1.52. The molecule has 0 radical (unpaired) electrons. The zero-order chi connectivity index (χ0) is 11.7. The second-order valence-corrected chi connectivity index (χ2v) is 5.72. The molecule has 0 spiro atoms. The Kier molecular flexibility index (Phi) is 3.28. The van der Waals surface area contributed by atoms with Gasteiger partial charge in [-0.05, 0) is 25.2 Å². The smallest absolute Gasteiger partial charge is 0.186 e. The monoisotopic (exact) mass is 238 g/mol. The Morgan fingerprint density at radius 2 is 2.19 bits per heavy atom. The lowest BCUT2D eigenvalue weighted by molar-refractivity contribution is 0.112. The molecule has 0 bridgehead atoms. The molecule has 0 unspecified atom stereocenters. The summed E-state index contributed by atoms with van der Waals surface area (Å²) in [6.45, 7) is 4.16. The van der Waals surface area contributed by atoms with Crippen LogP contribution < -0.4 is 4.90 Å². The Morgan fingerprint density at radius 1 is 1.50 bits per heavy atom. The van der Waals surface area contributed by atoms with Crippen LogP contribution >= 0.6 is 11.3 Å². The Balaban J connectivity index is 2.24. The largest absolute Gasteiger partial charge is 0.348 e. The topological polar surface area (TPSA) is 33.2 Å². The van der Waals surface area contributed by atoms with Crippen LogP contribution in [0.25, 0.3) is 0 Å². The Labute approximate surface area is 100 Å². The average Bonchev–Trinajstić information content (AvgIpc) is 2.58. The van der Waals surface area contributed by atoms with Gasteiger partial charge in [-0.2, -0.15) is 0 Å². The lowest BCUT2D eigenvalue weighted by Gasteiger charge is -2.34. The van der Waals surface area contributed by atoms with Gasteiger partial charge in [-0.1, -0.05) is 25.2 Å². The molecule has 1 heterocycles. The minimum absolute atomic E-state index is 0.319. The minimum atomic E-state index is 0.319. The fraction of sp³-hybridized carbons (Fsp3) is 0.667. The van der Waals surface area contributed by atoms with Gasteiger partial charge < -0.3 is 4.90 Å². The van der Waals surface area contributed by atoms with Crippen molar-refractivity contribution in [2.75, 3.05) is 11.9 Å². The highest BCUT2D eigenvalue weighted by molar-refractivity contribution is 7.17. The maximum Gasteiger partial charge on any atom is 0.186 e. The molecule has 2 rings (SSSR count). The number of aromatic nitrogens is 1. The van der Waals surface area contributed by atoms with Crippen molar-refractivity contribution in [3.63, 3.8) is 0 Å². The number of carbonyl (C=O) groups is 1. The zero-order valence-corrected chi connectivity index (χ0v) is 10.9. The van der Waals surface area contributed by atoms with Crippen LogP contribution in [0.4, 0.5) is 5.13 Å². The van der Waals surface area contributed by atoms with E-state index in [1.807, 2.05) is 0 Å². The summed E-state index contributed by atoms with van der Waals surface area (Å²) in [5.74, 6) is 0.319. The first-order valence-corrected chi connectivity index (χ1v) is 6.64. The first-order chi connectivity index (χ1) is 7.63. The van der Waals surface area contributed by atoms with Gasteiger partial charge in [-0.15, -0.1) is 0 Å². The van der Waals surface area contributed by atoms with Crippen molar-refractivity contribution in [2.45, 2.75) is 45.1 Å². The van der Waals surface area contributed by atoms with Gasteiger partial charge in [0.05, 0.1) is 10.6 Å². The van der Waals surface area contributed by atoms with E-state index in [2.05, 4.69) is 30.8 Å². The van der Waals surface area contributed by atoms with E-state index in [0.717, 1.165) is 22.0 Å². The molecule has 3 nitrogen and oxygen atoms in total. The van der Waals surface area contributed by atoms with Crippen LogP contribution in [0, 0.1) is 0 Å². The van der Waals surface area contributed by atoms with E-state index in [0.29, 0.717) is 12.0 Å². The highest BCUT2D eigenvalue weighted by Crippen LogP contribution is 2.33. The molecular weight excluding hydrogens is 220 g/mol. The Bertz CT molecular complexity index is 382. The van der Waals surface area contributed by atoms with Gasteiger partial charge >= 0.3 is 0 Å². The number of anilines is 1. The van der Waals surface area contributed by atoms with Crippen LogP contribution in [0.2, 0.25) is 0 Å². The van der Waals surface area contributed by atoms with E-state index >= 15 is 0 Å². The number of carbonyl (C=O) groups excluding carboxylic acids is 1. The molecule has 0 amide bonds.